The van der Waals surface area contributed by atoms with Crippen LogP contribution in [0, 0.1) is 5.41 Å². The lowest BCUT2D eigenvalue weighted by atomic mass is 9.89. The Bertz CT molecular complexity index is 272. The van der Waals surface area contributed by atoms with Crippen molar-refractivity contribution in [2.45, 2.75) is 20.3 Å². The summed E-state index contributed by atoms with van der Waals surface area (Å²) in [6.45, 7) is 6.23. The molecule has 15 heavy (non-hydrogen) atoms. The summed E-state index contributed by atoms with van der Waals surface area (Å²) in [4.78, 5) is 3.98. The first-order valence-corrected chi connectivity index (χ1v) is 5.27. The minimum absolute atomic E-state index is 0.249. The first kappa shape index (κ1) is 12.0. The second-order valence-electron chi connectivity index (χ2n) is 4.50. The van der Waals surface area contributed by atoms with E-state index in [0.29, 0.717) is 0 Å². The van der Waals surface area contributed by atoms with Crippen molar-refractivity contribution in [2.24, 2.45) is 5.41 Å². The van der Waals surface area contributed by atoms with Gasteiger partial charge in [0.1, 0.15) is 0 Å². The van der Waals surface area contributed by atoms with Crippen LogP contribution in [0.2, 0.25) is 0 Å². The van der Waals surface area contributed by atoms with Crippen molar-refractivity contribution in [1.29, 1.82) is 0 Å². The van der Waals surface area contributed by atoms with Crippen molar-refractivity contribution < 1.29 is 4.74 Å². The first-order chi connectivity index (χ1) is 7.14. The zero-order chi connectivity index (χ0) is 11.1. The molecule has 0 aliphatic carbocycles. The minimum Gasteiger partial charge on any atom is -0.385 e. The van der Waals surface area contributed by atoms with Crippen molar-refractivity contribution in [3.63, 3.8) is 0 Å². The number of rotatable bonds is 6. The van der Waals surface area contributed by atoms with Gasteiger partial charge in [-0.1, -0.05) is 13.8 Å². The fourth-order valence-electron chi connectivity index (χ4n) is 1.28. The molecule has 0 aliphatic heterocycles. The van der Waals surface area contributed by atoms with Crippen molar-refractivity contribution in [3.05, 3.63) is 24.5 Å². The normalized spacial score (nSPS) is 11.4. The Kier molecular flexibility index (Phi) is 4.56. The highest BCUT2D eigenvalue weighted by molar-refractivity contribution is 5.40. The third-order valence-electron chi connectivity index (χ3n) is 2.43. The molecule has 0 spiro atoms. The summed E-state index contributed by atoms with van der Waals surface area (Å²) in [7, 11) is 1.74. The van der Waals surface area contributed by atoms with Gasteiger partial charge in [0, 0.05) is 38.3 Å². The van der Waals surface area contributed by atoms with E-state index in [4.69, 9.17) is 4.74 Å². The van der Waals surface area contributed by atoms with E-state index in [9.17, 15) is 0 Å². The summed E-state index contributed by atoms with van der Waals surface area (Å²) < 4.78 is 5.09. The number of pyridine rings is 1. The van der Waals surface area contributed by atoms with Gasteiger partial charge >= 0.3 is 0 Å². The maximum absolute atomic E-state index is 5.09. The average molecular weight is 208 g/mol. The lowest BCUT2D eigenvalue weighted by molar-refractivity contribution is 0.157. The third-order valence-corrected chi connectivity index (χ3v) is 2.43. The van der Waals surface area contributed by atoms with Gasteiger partial charge in [-0.3, -0.25) is 4.98 Å². The Morgan fingerprint density at radius 3 is 2.60 bits per heavy atom. The first-order valence-electron chi connectivity index (χ1n) is 5.27. The second-order valence-corrected chi connectivity index (χ2v) is 4.50. The topological polar surface area (TPSA) is 34.1 Å². The molecule has 0 bridgehead atoms. The summed E-state index contributed by atoms with van der Waals surface area (Å²) in [6, 6.07) is 3.96. The van der Waals surface area contributed by atoms with Crippen LogP contribution < -0.4 is 5.32 Å². The molecule has 1 aromatic rings. The zero-order valence-electron chi connectivity index (χ0n) is 9.79. The van der Waals surface area contributed by atoms with Crippen LogP contribution in [-0.2, 0) is 4.74 Å². The molecule has 1 rings (SSSR count). The van der Waals surface area contributed by atoms with Crippen LogP contribution in [0.15, 0.2) is 24.5 Å². The maximum atomic E-state index is 5.09. The third kappa shape index (κ3) is 4.79. The van der Waals surface area contributed by atoms with E-state index in [1.54, 1.807) is 19.5 Å². The quantitative estimate of drug-likeness (QED) is 0.780. The molecule has 0 atom stereocenters. The lowest BCUT2D eigenvalue weighted by Crippen LogP contribution is -2.24. The molecule has 3 heteroatoms. The molecule has 1 heterocycles. The average Bonchev–Trinajstić information content (AvgIpc) is 2.25. The molecule has 0 aromatic carbocycles. The Morgan fingerprint density at radius 1 is 1.33 bits per heavy atom. The Balaban J connectivity index is 2.35. The van der Waals surface area contributed by atoms with Gasteiger partial charge in [0.2, 0.25) is 0 Å². The maximum Gasteiger partial charge on any atom is 0.0468 e. The van der Waals surface area contributed by atoms with Gasteiger partial charge in [-0.2, -0.15) is 0 Å². The van der Waals surface area contributed by atoms with E-state index < -0.39 is 0 Å². The summed E-state index contributed by atoms with van der Waals surface area (Å²) in [5.41, 5.74) is 1.37. The van der Waals surface area contributed by atoms with E-state index >= 15 is 0 Å². The van der Waals surface area contributed by atoms with Crippen LogP contribution in [0.5, 0.6) is 0 Å². The van der Waals surface area contributed by atoms with E-state index in [1.165, 1.54) is 0 Å². The highest BCUT2D eigenvalue weighted by Crippen LogP contribution is 2.20. The fraction of sp³-hybridized carbons (Fsp3) is 0.583. The molecular formula is C12H20N2O. The predicted octanol–water partition coefficient (Wildman–Crippen LogP) is 2.56. The molecular weight excluding hydrogens is 188 g/mol. The number of hydrogen-bond donors (Lipinski definition) is 1. The van der Waals surface area contributed by atoms with Crippen LogP contribution >= 0.6 is 0 Å². The molecule has 0 amide bonds. The van der Waals surface area contributed by atoms with E-state index in [0.717, 1.165) is 25.3 Å². The highest BCUT2D eigenvalue weighted by Gasteiger charge is 2.16. The Labute approximate surface area is 91.9 Å². The number of anilines is 1. The summed E-state index contributed by atoms with van der Waals surface area (Å²) in [5.74, 6) is 0. The minimum atomic E-state index is 0.249. The van der Waals surface area contributed by atoms with Crippen molar-refractivity contribution >= 4 is 5.69 Å². The van der Waals surface area contributed by atoms with Gasteiger partial charge in [0.25, 0.3) is 0 Å². The standard InChI is InChI=1S/C12H20N2O/c1-12(2,6-9-15-3)10-14-11-4-7-13-8-5-11/h4-5,7-8H,6,9-10H2,1-3H3,(H,13,14). The molecule has 0 fully saturated rings. The number of hydrogen-bond acceptors (Lipinski definition) is 3. The molecule has 0 radical (unpaired) electrons. The van der Waals surface area contributed by atoms with Crippen LogP contribution in [0.1, 0.15) is 20.3 Å². The van der Waals surface area contributed by atoms with Crippen LogP contribution in [0.3, 0.4) is 0 Å². The van der Waals surface area contributed by atoms with Crippen LogP contribution in [-0.4, -0.2) is 25.2 Å². The summed E-state index contributed by atoms with van der Waals surface area (Å²) >= 11 is 0. The molecule has 0 saturated heterocycles. The van der Waals surface area contributed by atoms with E-state index in [2.05, 4.69) is 24.1 Å². The zero-order valence-corrected chi connectivity index (χ0v) is 9.79. The molecule has 0 unspecified atom stereocenters. The number of aromatic nitrogens is 1. The Morgan fingerprint density at radius 2 is 2.00 bits per heavy atom. The monoisotopic (exact) mass is 208 g/mol. The number of ether oxygens (including phenoxy) is 1. The Hall–Kier alpha value is -1.09. The van der Waals surface area contributed by atoms with Crippen LogP contribution in [0.4, 0.5) is 5.69 Å². The van der Waals surface area contributed by atoms with E-state index in [-0.39, 0.29) is 5.41 Å². The SMILES string of the molecule is COCCC(C)(C)CNc1ccncc1. The predicted molar refractivity (Wildman–Crippen MR) is 63.0 cm³/mol. The molecule has 0 aliphatic rings. The molecule has 84 valence electrons. The van der Waals surface area contributed by atoms with Gasteiger partial charge in [-0.15, -0.1) is 0 Å². The van der Waals surface area contributed by atoms with Crippen LogP contribution in [0.25, 0.3) is 0 Å². The summed E-state index contributed by atoms with van der Waals surface area (Å²) in [5, 5.41) is 3.40. The van der Waals surface area contributed by atoms with Gasteiger partial charge < -0.3 is 10.1 Å². The fourth-order valence-corrected chi connectivity index (χ4v) is 1.28. The summed E-state index contributed by atoms with van der Waals surface area (Å²) in [6.07, 6.45) is 4.65. The van der Waals surface area contributed by atoms with Crippen molar-refractivity contribution in [3.8, 4) is 0 Å². The van der Waals surface area contributed by atoms with Gasteiger partial charge in [0.15, 0.2) is 0 Å². The van der Waals surface area contributed by atoms with E-state index in [1.807, 2.05) is 12.1 Å². The largest absolute Gasteiger partial charge is 0.385 e. The number of nitrogens with one attached hydrogen (secondary N) is 1. The smallest absolute Gasteiger partial charge is 0.0468 e. The van der Waals surface area contributed by atoms with Gasteiger partial charge in [-0.05, 0) is 24.0 Å². The molecule has 3 nitrogen and oxygen atoms in total. The van der Waals surface area contributed by atoms with Crippen molar-refractivity contribution in [1.82, 2.24) is 4.98 Å². The van der Waals surface area contributed by atoms with Gasteiger partial charge in [0.05, 0.1) is 0 Å². The number of nitrogens with zero attached hydrogens (tertiary/aromatic N) is 1. The highest BCUT2D eigenvalue weighted by atomic mass is 16.5. The lowest BCUT2D eigenvalue weighted by Gasteiger charge is -2.25. The molecule has 1 aromatic heterocycles. The van der Waals surface area contributed by atoms with Crippen molar-refractivity contribution in [2.75, 3.05) is 25.6 Å². The molecule has 1 N–H and O–H groups in total. The molecule has 0 saturated carbocycles. The number of methoxy groups -OCH3 is 1. The van der Waals surface area contributed by atoms with Gasteiger partial charge in [-0.25, -0.2) is 0 Å². The second kappa shape index (κ2) is 5.71.